The van der Waals surface area contributed by atoms with E-state index < -0.39 is 0 Å². The van der Waals surface area contributed by atoms with E-state index in [0.29, 0.717) is 18.9 Å². The van der Waals surface area contributed by atoms with Gasteiger partial charge in [0.2, 0.25) is 5.91 Å². The van der Waals surface area contributed by atoms with Crippen LogP contribution in [0.4, 0.5) is 5.69 Å². The summed E-state index contributed by atoms with van der Waals surface area (Å²) in [5.41, 5.74) is 2.56. The summed E-state index contributed by atoms with van der Waals surface area (Å²) < 4.78 is 0. The quantitative estimate of drug-likeness (QED) is 0.904. The third-order valence-corrected chi connectivity index (χ3v) is 4.35. The maximum atomic E-state index is 12.3. The monoisotopic (exact) mass is 302 g/mol. The van der Waals surface area contributed by atoms with Gasteiger partial charge in [-0.15, -0.1) is 0 Å². The Labute approximate surface area is 135 Å². The summed E-state index contributed by atoms with van der Waals surface area (Å²) >= 11 is 0. The minimum atomic E-state index is 0.110. The van der Waals surface area contributed by atoms with Crippen molar-refractivity contribution in [3.8, 4) is 0 Å². The van der Waals surface area contributed by atoms with Gasteiger partial charge in [-0.25, -0.2) is 0 Å². The molecule has 3 heteroatoms. The number of nitrogens with zero attached hydrogens (tertiary/aromatic N) is 1. The Kier molecular flexibility index (Phi) is 5.87. The topological polar surface area (TPSA) is 32.3 Å². The first-order chi connectivity index (χ1) is 10.5. The molecule has 0 bridgehead atoms. The Morgan fingerprint density at radius 2 is 1.73 bits per heavy atom. The molecule has 3 nitrogen and oxygen atoms in total. The molecule has 2 rings (SSSR count). The van der Waals surface area contributed by atoms with Crippen LogP contribution >= 0.6 is 0 Å². The second kappa shape index (κ2) is 7.66. The van der Waals surface area contributed by atoms with Gasteiger partial charge in [0.1, 0.15) is 0 Å². The summed E-state index contributed by atoms with van der Waals surface area (Å²) in [6.07, 6.45) is 5.43. The Morgan fingerprint density at radius 1 is 1.09 bits per heavy atom. The first-order valence-electron chi connectivity index (χ1n) is 8.59. The normalized spacial score (nSPS) is 16.2. The molecule has 0 spiro atoms. The number of hydrogen-bond donors (Lipinski definition) is 1. The highest BCUT2D eigenvalue weighted by molar-refractivity contribution is 5.76. The number of nitrogens with one attached hydrogen (secondary N) is 1. The number of anilines is 1. The van der Waals surface area contributed by atoms with E-state index in [9.17, 15) is 4.79 Å². The van der Waals surface area contributed by atoms with Crippen LogP contribution in [0.1, 0.15) is 58.4 Å². The molecule has 0 unspecified atom stereocenters. The molecule has 1 aromatic carbocycles. The number of rotatable bonds is 4. The summed E-state index contributed by atoms with van der Waals surface area (Å²) in [5.74, 6) is 0.294. The van der Waals surface area contributed by atoms with Crippen LogP contribution in [0.25, 0.3) is 0 Å². The maximum absolute atomic E-state index is 12.3. The summed E-state index contributed by atoms with van der Waals surface area (Å²) in [4.78, 5) is 14.4. The van der Waals surface area contributed by atoms with Gasteiger partial charge in [-0.2, -0.15) is 0 Å². The van der Waals surface area contributed by atoms with Crippen LogP contribution in [0.2, 0.25) is 0 Å². The van der Waals surface area contributed by atoms with E-state index in [1.54, 1.807) is 0 Å². The number of benzene rings is 1. The number of carbonyl (C=O) groups excluding carboxylic acids is 1. The Hall–Kier alpha value is -1.51. The fourth-order valence-electron chi connectivity index (χ4n) is 3.07. The average Bonchev–Trinajstić information content (AvgIpc) is 2.75. The Morgan fingerprint density at radius 3 is 2.36 bits per heavy atom. The van der Waals surface area contributed by atoms with Gasteiger partial charge in [-0.1, -0.05) is 51.8 Å². The van der Waals surface area contributed by atoms with Crippen LogP contribution in [-0.2, 0) is 10.2 Å². The molecular weight excluding hydrogens is 272 g/mol. The molecule has 0 aliphatic carbocycles. The van der Waals surface area contributed by atoms with Crippen molar-refractivity contribution in [1.82, 2.24) is 4.90 Å². The molecule has 1 heterocycles. The molecule has 0 radical (unpaired) electrons. The molecule has 22 heavy (non-hydrogen) atoms. The minimum Gasteiger partial charge on any atom is -0.384 e. The standard InChI is InChI=1S/C19H30N2O/c1-19(2,3)16-10-6-7-11-17(16)20-13-12-18(22)21-14-8-4-5-9-15-21/h6-7,10-11,20H,4-5,8-9,12-15H2,1-3H3. The van der Waals surface area contributed by atoms with Crippen molar-refractivity contribution in [2.24, 2.45) is 0 Å². The molecule has 1 aromatic rings. The first-order valence-corrected chi connectivity index (χ1v) is 8.59. The molecule has 1 saturated heterocycles. The largest absolute Gasteiger partial charge is 0.384 e. The summed E-state index contributed by atoms with van der Waals surface area (Å²) in [5, 5.41) is 3.46. The van der Waals surface area contributed by atoms with Crippen LogP contribution in [0, 0.1) is 0 Å². The summed E-state index contributed by atoms with van der Waals surface area (Å²) in [6, 6.07) is 8.40. The van der Waals surface area contributed by atoms with E-state index >= 15 is 0 Å². The van der Waals surface area contributed by atoms with E-state index in [-0.39, 0.29) is 5.41 Å². The number of hydrogen-bond acceptors (Lipinski definition) is 2. The van der Waals surface area contributed by atoms with Crippen LogP contribution in [0.3, 0.4) is 0 Å². The van der Waals surface area contributed by atoms with Crippen molar-refractivity contribution in [2.45, 2.75) is 58.3 Å². The number of carbonyl (C=O) groups is 1. The van der Waals surface area contributed by atoms with Gasteiger partial charge < -0.3 is 10.2 Å². The van der Waals surface area contributed by atoms with E-state index in [1.807, 2.05) is 11.0 Å². The molecule has 1 amide bonds. The van der Waals surface area contributed by atoms with E-state index in [1.165, 1.54) is 18.4 Å². The van der Waals surface area contributed by atoms with Gasteiger partial charge in [-0.05, 0) is 29.9 Å². The average molecular weight is 302 g/mol. The Bertz CT molecular complexity index is 482. The van der Waals surface area contributed by atoms with E-state index in [2.05, 4.69) is 44.3 Å². The van der Waals surface area contributed by atoms with Crippen LogP contribution in [0.5, 0.6) is 0 Å². The van der Waals surface area contributed by atoms with Crippen molar-refractivity contribution in [3.05, 3.63) is 29.8 Å². The third kappa shape index (κ3) is 4.75. The van der Waals surface area contributed by atoms with E-state index in [4.69, 9.17) is 0 Å². The maximum Gasteiger partial charge on any atom is 0.224 e. The lowest BCUT2D eigenvalue weighted by molar-refractivity contribution is -0.130. The summed E-state index contributed by atoms with van der Waals surface area (Å²) in [7, 11) is 0. The zero-order chi connectivity index (χ0) is 16.0. The highest BCUT2D eigenvalue weighted by Gasteiger charge is 2.18. The molecule has 0 saturated carbocycles. The molecule has 1 fully saturated rings. The van der Waals surface area contributed by atoms with Gasteiger partial charge in [0.05, 0.1) is 0 Å². The molecule has 0 aromatic heterocycles. The number of para-hydroxylation sites is 1. The highest BCUT2D eigenvalue weighted by atomic mass is 16.2. The van der Waals surface area contributed by atoms with Crippen molar-refractivity contribution in [3.63, 3.8) is 0 Å². The highest BCUT2D eigenvalue weighted by Crippen LogP contribution is 2.29. The molecule has 1 N–H and O–H groups in total. The fraction of sp³-hybridized carbons (Fsp3) is 0.632. The SMILES string of the molecule is CC(C)(C)c1ccccc1NCCC(=O)N1CCCCCC1. The van der Waals surface area contributed by atoms with E-state index in [0.717, 1.165) is 31.6 Å². The smallest absolute Gasteiger partial charge is 0.224 e. The molecule has 1 aliphatic rings. The lowest BCUT2D eigenvalue weighted by Gasteiger charge is -2.24. The lowest BCUT2D eigenvalue weighted by atomic mass is 9.86. The first kappa shape index (κ1) is 16.9. The molecular formula is C19H30N2O. The van der Waals surface area contributed by atoms with Crippen molar-refractivity contribution >= 4 is 11.6 Å². The van der Waals surface area contributed by atoms with Crippen LogP contribution < -0.4 is 5.32 Å². The van der Waals surface area contributed by atoms with Gasteiger partial charge >= 0.3 is 0 Å². The third-order valence-electron chi connectivity index (χ3n) is 4.35. The zero-order valence-corrected chi connectivity index (χ0v) is 14.3. The molecule has 1 aliphatic heterocycles. The second-order valence-electron chi connectivity index (χ2n) is 7.27. The number of likely N-dealkylation sites (tertiary alicyclic amines) is 1. The van der Waals surface area contributed by atoms with Gasteiger partial charge in [0.25, 0.3) is 0 Å². The van der Waals surface area contributed by atoms with Gasteiger partial charge in [-0.3, -0.25) is 4.79 Å². The Balaban J connectivity index is 1.87. The number of amides is 1. The van der Waals surface area contributed by atoms with Gasteiger partial charge in [0.15, 0.2) is 0 Å². The second-order valence-corrected chi connectivity index (χ2v) is 7.27. The van der Waals surface area contributed by atoms with Crippen molar-refractivity contribution < 1.29 is 4.79 Å². The van der Waals surface area contributed by atoms with Crippen LogP contribution in [-0.4, -0.2) is 30.4 Å². The zero-order valence-electron chi connectivity index (χ0n) is 14.3. The van der Waals surface area contributed by atoms with Crippen molar-refractivity contribution in [2.75, 3.05) is 25.0 Å². The predicted octanol–water partition coefficient (Wildman–Crippen LogP) is 4.19. The van der Waals surface area contributed by atoms with Gasteiger partial charge in [0, 0.05) is 31.7 Å². The fourth-order valence-corrected chi connectivity index (χ4v) is 3.07. The van der Waals surface area contributed by atoms with Crippen molar-refractivity contribution in [1.29, 1.82) is 0 Å². The molecule has 122 valence electrons. The minimum absolute atomic E-state index is 0.110. The van der Waals surface area contributed by atoms with Crippen LogP contribution in [0.15, 0.2) is 24.3 Å². The predicted molar refractivity (Wildman–Crippen MR) is 93.3 cm³/mol. The lowest BCUT2D eigenvalue weighted by Crippen LogP contribution is -2.33. The summed E-state index contributed by atoms with van der Waals surface area (Å²) in [6.45, 7) is 9.25. The molecule has 0 atom stereocenters.